The van der Waals surface area contributed by atoms with E-state index in [4.69, 9.17) is 0 Å². The molecular formula is C14H17N3. The quantitative estimate of drug-likeness (QED) is 0.798. The van der Waals surface area contributed by atoms with Crippen LogP contribution in [-0.4, -0.2) is 16.5 Å². The van der Waals surface area contributed by atoms with E-state index in [2.05, 4.69) is 15.3 Å². The Hall–Kier alpha value is -1.48. The second-order valence-corrected chi connectivity index (χ2v) is 4.76. The molecule has 1 aliphatic carbocycles. The highest BCUT2D eigenvalue weighted by Crippen LogP contribution is 2.31. The lowest BCUT2D eigenvalue weighted by Gasteiger charge is -2.04. The van der Waals surface area contributed by atoms with Crippen LogP contribution >= 0.6 is 0 Å². The van der Waals surface area contributed by atoms with Crippen LogP contribution in [-0.2, 0) is 6.54 Å². The van der Waals surface area contributed by atoms with Crippen LogP contribution in [0.4, 0.5) is 0 Å². The lowest BCUT2D eigenvalue weighted by atomic mass is 10.3. The number of rotatable bonds is 5. The maximum Gasteiger partial charge on any atom is 0.0890 e. The van der Waals surface area contributed by atoms with Crippen molar-refractivity contribution in [3.63, 3.8) is 0 Å². The maximum absolute atomic E-state index is 4.58. The minimum Gasteiger partial charge on any atom is -0.311 e. The summed E-state index contributed by atoms with van der Waals surface area (Å²) in [5, 5.41) is 3.44. The van der Waals surface area contributed by atoms with E-state index >= 15 is 0 Å². The summed E-state index contributed by atoms with van der Waals surface area (Å²) in [6.07, 6.45) is 6.03. The molecule has 0 radical (unpaired) electrons. The Bertz CT molecular complexity index is 506. The normalized spacial score (nSPS) is 15.3. The molecule has 0 amide bonds. The Morgan fingerprint density at radius 2 is 2.00 bits per heavy atom. The fraction of sp³-hybridized carbons (Fsp3) is 0.429. The maximum atomic E-state index is 4.58. The molecule has 1 saturated carbocycles. The van der Waals surface area contributed by atoms with Crippen molar-refractivity contribution in [2.75, 3.05) is 6.54 Å². The third-order valence-electron chi connectivity index (χ3n) is 3.23. The summed E-state index contributed by atoms with van der Waals surface area (Å²) in [6.45, 7) is 1.92. The molecule has 0 spiro atoms. The van der Waals surface area contributed by atoms with E-state index in [0.717, 1.165) is 35.7 Å². The fourth-order valence-corrected chi connectivity index (χ4v) is 2.01. The summed E-state index contributed by atoms with van der Waals surface area (Å²) in [7, 11) is 0. The lowest BCUT2D eigenvalue weighted by molar-refractivity contribution is 0.606. The van der Waals surface area contributed by atoms with Gasteiger partial charge in [-0.2, -0.15) is 0 Å². The third-order valence-corrected chi connectivity index (χ3v) is 3.23. The van der Waals surface area contributed by atoms with Crippen LogP contribution in [0.25, 0.3) is 11.0 Å². The van der Waals surface area contributed by atoms with E-state index < -0.39 is 0 Å². The van der Waals surface area contributed by atoms with Crippen molar-refractivity contribution in [1.82, 2.24) is 15.3 Å². The summed E-state index contributed by atoms with van der Waals surface area (Å²) < 4.78 is 0. The van der Waals surface area contributed by atoms with E-state index in [9.17, 15) is 0 Å². The van der Waals surface area contributed by atoms with Crippen molar-refractivity contribution < 1.29 is 0 Å². The molecule has 88 valence electrons. The molecule has 1 N–H and O–H groups in total. The van der Waals surface area contributed by atoms with Gasteiger partial charge >= 0.3 is 0 Å². The highest BCUT2D eigenvalue weighted by Gasteiger charge is 2.19. The largest absolute Gasteiger partial charge is 0.311 e. The Kier molecular flexibility index (Phi) is 3.01. The van der Waals surface area contributed by atoms with Gasteiger partial charge in [0.05, 0.1) is 22.9 Å². The Balaban J connectivity index is 1.59. The summed E-state index contributed by atoms with van der Waals surface area (Å²) in [5.41, 5.74) is 2.97. The minimum atomic E-state index is 0.824. The molecule has 0 unspecified atom stereocenters. The zero-order valence-corrected chi connectivity index (χ0v) is 9.89. The van der Waals surface area contributed by atoms with Crippen LogP contribution in [0.1, 0.15) is 25.0 Å². The van der Waals surface area contributed by atoms with Crippen molar-refractivity contribution in [2.24, 2.45) is 5.92 Å². The molecule has 1 fully saturated rings. The van der Waals surface area contributed by atoms with Gasteiger partial charge in [-0.1, -0.05) is 25.0 Å². The van der Waals surface area contributed by atoms with Crippen LogP contribution in [0.3, 0.4) is 0 Å². The fourth-order valence-electron chi connectivity index (χ4n) is 2.01. The summed E-state index contributed by atoms with van der Waals surface area (Å²) in [4.78, 5) is 8.99. The number of hydrogen-bond acceptors (Lipinski definition) is 3. The van der Waals surface area contributed by atoms with Gasteiger partial charge in [-0.05, 0) is 31.0 Å². The Labute approximate surface area is 101 Å². The lowest BCUT2D eigenvalue weighted by Crippen LogP contribution is -2.16. The second kappa shape index (κ2) is 4.80. The van der Waals surface area contributed by atoms with Crippen molar-refractivity contribution in [2.45, 2.75) is 25.8 Å². The van der Waals surface area contributed by atoms with Crippen molar-refractivity contribution in [3.8, 4) is 0 Å². The van der Waals surface area contributed by atoms with E-state index in [1.54, 1.807) is 0 Å². The highest BCUT2D eigenvalue weighted by atomic mass is 14.9. The zero-order chi connectivity index (χ0) is 11.5. The molecule has 1 aromatic heterocycles. The summed E-state index contributed by atoms with van der Waals surface area (Å²) in [6, 6.07) is 7.99. The number of nitrogens with zero attached hydrogens (tertiary/aromatic N) is 2. The van der Waals surface area contributed by atoms with Gasteiger partial charge in [-0.15, -0.1) is 0 Å². The molecule has 0 atom stereocenters. The first kappa shape index (κ1) is 10.7. The van der Waals surface area contributed by atoms with Gasteiger partial charge in [-0.25, -0.2) is 4.98 Å². The average Bonchev–Trinajstić information content (AvgIpc) is 3.18. The predicted molar refractivity (Wildman–Crippen MR) is 68.6 cm³/mol. The zero-order valence-electron chi connectivity index (χ0n) is 9.89. The van der Waals surface area contributed by atoms with Crippen LogP contribution in [0.15, 0.2) is 30.5 Å². The standard InChI is InChI=1S/C14H17N3/c1-2-4-14-13(3-1)16-10-12(17-14)9-15-8-7-11-5-6-11/h1-4,10-11,15H,5-9H2. The van der Waals surface area contributed by atoms with Crippen molar-refractivity contribution in [3.05, 3.63) is 36.2 Å². The van der Waals surface area contributed by atoms with Gasteiger partial charge < -0.3 is 5.32 Å². The number of nitrogens with one attached hydrogen (secondary N) is 1. The smallest absolute Gasteiger partial charge is 0.0890 e. The van der Waals surface area contributed by atoms with Gasteiger partial charge in [0.15, 0.2) is 0 Å². The van der Waals surface area contributed by atoms with Gasteiger partial charge in [0.2, 0.25) is 0 Å². The van der Waals surface area contributed by atoms with E-state index in [0.29, 0.717) is 0 Å². The number of para-hydroxylation sites is 2. The number of aromatic nitrogens is 2. The van der Waals surface area contributed by atoms with E-state index in [-0.39, 0.29) is 0 Å². The second-order valence-electron chi connectivity index (χ2n) is 4.76. The molecule has 3 rings (SSSR count). The van der Waals surface area contributed by atoms with Gasteiger partial charge in [0, 0.05) is 6.54 Å². The van der Waals surface area contributed by atoms with Crippen LogP contribution in [0.2, 0.25) is 0 Å². The number of fused-ring (bicyclic) bond motifs is 1. The minimum absolute atomic E-state index is 0.824. The molecule has 3 nitrogen and oxygen atoms in total. The SMILES string of the molecule is c1ccc2nc(CNCCC3CC3)cnc2c1. The van der Waals surface area contributed by atoms with Crippen LogP contribution < -0.4 is 5.32 Å². The van der Waals surface area contributed by atoms with E-state index in [1.807, 2.05) is 30.5 Å². The van der Waals surface area contributed by atoms with Gasteiger partial charge in [0.1, 0.15) is 0 Å². The van der Waals surface area contributed by atoms with E-state index in [1.165, 1.54) is 19.3 Å². The topological polar surface area (TPSA) is 37.8 Å². The summed E-state index contributed by atoms with van der Waals surface area (Å²) in [5.74, 6) is 0.991. The van der Waals surface area contributed by atoms with Crippen LogP contribution in [0, 0.1) is 5.92 Å². The Morgan fingerprint density at radius 1 is 1.18 bits per heavy atom. The molecule has 1 heterocycles. The number of hydrogen-bond donors (Lipinski definition) is 1. The number of benzene rings is 1. The van der Waals surface area contributed by atoms with Crippen molar-refractivity contribution >= 4 is 11.0 Å². The Morgan fingerprint density at radius 3 is 2.82 bits per heavy atom. The van der Waals surface area contributed by atoms with Gasteiger partial charge in [-0.3, -0.25) is 4.98 Å². The van der Waals surface area contributed by atoms with Gasteiger partial charge in [0.25, 0.3) is 0 Å². The molecule has 0 saturated heterocycles. The molecule has 0 bridgehead atoms. The molecule has 3 heteroatoms. The molecular weight excluding hydrogens is 210 g/mol. The first-order valence-corrected chi connectivity index (χ1v) is 6.33. The first-order chi connectivity index (χ1) is 8.42. The third kappa shape index (κ3) is 2.80. The predicted octanol–water partition coefficient (Wildman–Crippen LogP) is 2.52. The molecule has 2 aromatic rings. The van der Waals surface area contributed by atoms with Crippen molar-refractivity contribution in [1.29, 1.82) is 0 Å². The highest BCUT2D eigenvalue weighted by molar-refractivity contribution is 5.73. The summed E-state index contributed by atoms with van der Waals surface area (Å²) >= 11 is 0. The molecule has 1 aliphatic rings. The first-order valence-electron chi connectivity index (χ1n) is 6.33. The molecule has 0 aliphatic heterocycles. The molecule has 17 heavy (non-hydrogen) atoms. The monoisotopic (exact) mass is 227 g/mol. The van der Waals surface area contributed by atoms with Crippen LogP contribution in [0.5, 0.6) is 0 Å². The molecule has 1 aromatic carbocycles. The average molecular weight is 227 g/mol.